The van der Waals surface area contributed by atoms with Gasteiger partial charge in [0, 0.05) is 12.5 Å². The highest BCUT2D eigenvalue weighted by Crippen LogP contribution is 2.23. The number of nitrogens with one attached hydrogen (secondary N) is 3. The van der Waals surface area contributed by atoms with Gasteiger partial charge in [-0.05, 0) is 23.6 Å². The van der Waals surface area contributed by atoms with Crippen LogP contribution in [0.3, 0.4) is 0 Å². The first-order valence-corrected chi connectivity index (χ1v) is 6.96. The van der Waals surface area contributed by atoms with Crippen molar-refractivity contribution in [1.82, 2.24) is 10.9 Å². The van der Waals surface area contributed by atoms with Gasteiger partial charge in [0.1, 0.15) is 5.00 Å². The monoisotopic (exact) mass is 303 g/mol. The number of hydrogen-bond acceptors (Lipinski definition) is 4. The van der Waals surface area contributed by atoms with Crippen LogP contribution in [0, 0.1) is 0 Å². The second kappa shape index (κ2) is 6.67. The van der Waals surface area contributed by atoms with Crippen molar-refractivity contribution < 1.29 is 14.4 Å². The largest absolute Gasteiger partial charge is 0.313 e. The van der Waals surface area contributed by atoms with Crippen molar-refractivity contribution >= 4 is 34.1 Å². The van der Waals surface area contributed by atoms with E-state index in [0.29, 0.717) is 10.6 Å². The number of anilines is 1. The van der Waals surface area contributed by atoms with Crippen molar-refractivity contribution in [3.8, 4) is 0 Å². The smallest absolute Gasteiger partial charge is 0.272 e. The van der Waals surface area contributed by atoms with Crippen LogP contribution >= 0.6 is 11.3 Å². The molecular formula is C14H13N3O3S. The number of benzene rings is 1. The molecule has 0 unspecified atom stereocenters. The predicted octanol–water partition coefficient (Wildman–Crippen LogP) is 1.78. The minimum absolute atomic E-state index is 0.290. The van der Waals surface area contributed by atoms with Crippen LogP contribution in [-0.2, 0) is 4.79 Å². The molecule has 0 spiro atoms. The molecule has 0 saturated carbocycles. The molecule has 1 aromatic carbocycles. The maximum atomic E-state index is 12.0. The highest BCUT2D eigenvalue weighted by atomic mass is 32.1. The summed E-state index contributed by atoms with van der Waals surface area (Å²) >= 11 is 1.23. The molecule has 108 valence electrons. The fraction of sp³-hybridized carbons (Fsp3) is 0.0714. The van der Waals surface area contributed by atoms with Crippen LogP contribution < -0.4 is 16.2 Å². The molecule has 6 nitrogen and oxygen atoms in total. The van der Waals surface area contributed by atoms with Crippen LogP contribution in [0.2, 0.25) is 0 Å². The average Bonchev–Trinajstić information content (AvgIpc) is 2.93. The number of rotatable bonds is 3. The highest BCUT2D eigenvalue weighted by molar-refractivity contribution is 7.14. The topological polar surface area (TPSA) is 87.3 Å². The average molecular weight is 303 g/mol. The summed E-state index contributed by atoms with van der Waals surface area (Å²) in [6, 6.07) is 10.3. The molecule has 0 fully saturated rings. The first-order valence-electron chi connectivity index (χ1n) is 6.08. The molecule has 7 heteroatoms. The van der Waals surface area contributed by atoms with E-state index in [0.717, 1.165) is 0 Å². The van der Waals surface area contributed by atoms with Gasteiger partial charge in [0.05, 0.1) is 5.56 Å². The molecule has 0 atom stereocenters. The van der Waals surface area contributed by atoms with E-state index in [4.69, 9.17) is 0 Å². The van der Waals surface area contributed by atoms with Gasteiger partial charge in [-0.15, -0.1) is 11.3 Å². The van der Waals surface area contributed by atoms with Crippen LogP contribution in [-0.4, -0.2) is 17.7 Å². The summed E-state index contributed by atoms with van der Waals surface area (Å²) < 4.78 is 0. The fourth-order valence-corrected chi connectivity index (χ4v) is 2.34. The van der Waals surface area contributed by atoms with Gasteiger partial charge in [-0.1, -0.05) is 18.2 Å². The minimum atomic E-state index is -0.491. The second-order valence-corrected chi connectivity index (χ2v) is 5.03. The summed E-state index contributed by atoms with van der Waals surface area (Å²) in [5, 5.41) is 4.79. The van der Waals surface area contributed by atoms with Crippen LogP contribution in [0.5, 0.6) is 0 Å². The Balaban J connectivity index is 2.08. The lowest BCUT2D eigenvalue weighted by Gasteiger charge is -2.07. The Morgan fingerprint density at radius 1 is 0.952 bits per heavy atom. The summed E-state index contributed by atoms with van der Waals surface area (Å²) in [7, 11) is 0. The maximum Gasteiger partial charge on any atom is 0.272 e. The van der Waals surface area contributed by atoms with Crippen LogP contribution in [0.1, 0.15) is 27.6 Å². The van der Waals surface area contributed by atoms with Crippen molar-refractivity contribution in [2.75, 3.05) is 5.32 Å². The molecule has 1 aromatic heterocycles. The minimum Gasteiger partial charge on any atom is -0.313 e. The number of hydrazine groups is 1. The number of carbonyl (C=O) groups is 3. The van der Waals surface area contributed by atoms with Gasteiger partial charge in [0.25, 0.3) is 11.8 Å². The van der Waals surface area contributed by atoms with Crippen molar-refractivity contribution in [3.63, 3.8) is 0 Å². The number of carbonyl (C=O) groups excluding carboxylic acids is 3. The zero-order valence-corrected chi connectivity index (χ0v) is 12.0. The van der Waals surface area contributed by atoms with E-state index >= 15 is 0 Å². The summed E-state index contributed by atoms with van der Waals surface area (Å²) in [6.45, 7) is 1.28. The summed E-state index contributed by atoms with van der Waals surface area (Å²) in [6.07, 6.45) is 0. The van der Waals surface area contributed by atoms with E-state index in [-0.39, 0.29) is 17.4 Å². The van der Waals surface area contributed by atoms with Gasteiger partial charge < -0.3 is 5.32 Å². The van der Waals surface area contributed by atoms with Crippen LogP contribution in [0.4, 0.5) is 5.00 Å². The maximum absolute atomic E-state index is 12.0. The van der Waals surface area contributed by atoms with Gasteiger partial charge in [0.15, 0.2) is 0 Å². The molecule has 2 rings (SSSR count). The first kappa shape index (κ1) is 14.7. The van der Waals surface area contributed by atoms with Crippen molar-refractivity contribution in [2.24, 2.45) is 0 Å². The van der Waals surface area contributed by atoms with Crippen LogP contribution in [0.25, 0.3) is 0 Å². The molecule has 3 N–H and O–H groups in total. The Morgan fingerprint density at radius 3 is 2.33 bits per heavy atom. The molecule has 0 aliphatic carbocycles. The number of amides is 3. The van der Waals surface area contributed by atoms with Crippen LogP contribution in [0.15, 0.2) is 41.8 Å². The van der Waals surface area contributed by atoms with E-state index in [2.05, 4.69) is 16.2 Å². The van der Waals surface area contributed by atoms with Crippen molar-refractivity contribution in [1.29, 1.82) is 0 Å². The zero-order valence-electron chi connectivity index (χ0n) is 11.2. The molecule has 0 aliphatic rings. The molecule has 0 radical (unpaired) electrons. The highest BCUT2D eigenvalue weighted by Gasteiger charge is 2.15. The van der Waals surface area contributed by atoms with Gasteiger partial charge in [0.2, 0.25) is 5.91 Å². The first-order chi connectivity index (χ1) is 10.1. The van der Waals surface area contributed by atoms with E-state index in [1.54, 1.807) is 35.7 Å². The lowest BCUT2D eigenvalue weighted by atomic mass is 10.2. The zero-order chi connectivity index (χ0) is 15.2. The van der Waals surface area contributed by atoms with E-state index in [1.165, 1.54) is 18.3 Å². The Bertz CT molecular complexity index is 667. The van der Waals surface area contributed by atoms with Gasteiger partial charge in [-0.2, -0.15) is 0 Å². The van der Waals surface area contributed by atoms with Crippen molar-refractivity contribution in [2.45, 2.75) is 6.92 Å². The third-order valence-electron chi connectivity index (χ3n) is 2.52. The number of thiophene rings is 1. The quantitative estimate of drug-likeness (QED) is 0.755. The fourth-order valence-electron chi connectivity index (χ4n) is 1.56. The molecule has 2 aromatic rings. The predicted molar refractivity (Wildman–Crippen MR) is 80.0 cm³/mol. The summed E-state index contributed by atoms with van der Waals surface area (Å²) in [4.78, 5) is 34.7. The SMILES string of the molecule is CC(=O)NNC(=O)c1ccsc1NC(=O)c1ccccc1. The molecule has 3 amide bonds. The normalized spacial score (nSPS) is 9.76. The van der Waals surface area contributed by atoms with Gasteiger partial charge in [-0.25, -0.2) is 0 Å². The summed E-state index contributed by atoms with van der Waals surface area (Å²) in [5.41, 5.74) is 5.24. The standard InChI is InChI=1S/C14H13N3O3S/c1-9(18)16-17-13(20)11-7-8-21-14(11)15-12(19)10-5-3-2-4-6-10/h2-8H,1H3,(H,15,19)(H,16,18)(H,17,20). The van der Waals surface area contributed by atoms with E-state index < -0.39 is 5.91 Å². The van der Waals surface area contributed by atoms with E-state index in [9.17, 15) is 14.4 Å². The van der Waals surface area contributed by atoms with Gasteiger partial charge >= 0.3 is 0 Å². The third kappa shape index (κ3) is 3.90. The second-order valence-electron chi connectivity index (χ2n) is 4.12. The molecule has 0 aliphatic heterocycles. The lowest BCUT2D eigenvalue weighted by Crippen LogP contribution is -2.40. The number of hydrogen-bond donors (Lipinski definition) is 3. The molecule has 0 saturated heterocycles. The van der Waals surface area contributed by atoms with Gasteiger partial charge in [-0.3, -0.25) is 25.2 Å². The third-order valence-corrected chi connectivity index (χ3v) is 3.35. The Kier molecular flexibility index (Phi) is 4.68. The Labute approximate surface area is 125 Å². The summed E-state index contributed by atoms with van der Waals surface area (Å²) in [5.74, 6) is -1.17. The molecule has 1 heterocycles. The lowest BCUT2D eigenvalue weighted by molar-refractivity contribution is -0.119. The Morgan fingerprint density at radius 2 is 1.67 bits per heavy atom. The Hall–Kier alpha value is -2.67. The van der Waals surface area contributed by atoms with E-state index in [1.807, 2.05) is 6.07 Å². The van der Waals surface area contributed by atoms with Crippen molar-refractivity contribution in [3.05, 3.63) is 52.9 Å². The molecule has 21 heavy (non-hydrogen) atoms. The molecular weight excluding hydrogens is 290 g/mol. The molecule has 0 bridgehead atoms.